The first kappa shape index (κ1) is 17.5. The van der Waals surface area contributed by atoms with Crippen LogP contribution >= 0.6 is 35.5 Å². The summed E-state index contributed by atoms with van der Waals surface area (Å²) >= 11 is 3.43. The van der Waals surface area contributed by atoms with Crippen molar-refractivity contribution in [3.8, 4) is 0 Å². The number of thioether (sulfide) groups is 1. The number of aromatic nitrogens is 1. The number of nitrogens with zero attached hydrogens (tertiary/aromatic N) is 1. The molecule has 0 unspecified atom stereocenters. The Balaban J connectivity index is 0.00000176. The standard InChI is InChI=1S/C15H19N3OS2.ClH/c1-20-7-6-11(16)14(19)17-10-4-5-12-13(8-10)21-15(18-12)9-2-3-9;/h4-5,8-9,11H,2-3,6-7,16H2,1H3,(H,17,19);1H/t11-;/m0./s1. The molecule has 2 aromatic rings. The zero-order valence-corrected chi connectivity index (χ0v) is 14.8. The van der Waals surface area contributed by atoms with Crippen LogP contribution in [0.5, 0.6) is 0 Å². The summed E-state index contributed by atoms with van der Waals surface area (Å²) in [5.41, 5.74) is 7.70. The van der Waals surface area contributed by atoms with Crippen LogP contribution in [-0.2, 0) is 4.79 Å². The Morgan fingerprint density at radius 3 is 3.00 bits per heavy atom. The van der Waals surface area contributed by atoms with E-state index in [9.17, 15) is 4.79 Å². The number of nitrogens with two attached hydrogens (primary N) is 1. The number of thiazole rings is 1. The molecule has 1 saturated carbocycles. The van der Waals surface area contributed by atoms with E-state index in [1.54, 1.807) is 23.1 Å². The van der Waals surface area contributed by atoms with Gasteiger partial charge in [0, 0.05) is 11.6 Å². The van der Waals surface area contributed by atoms with Gasteiger partial charge in [0.1, 0.15) is 0 Å². The molecule has 120 valence electrons. The van der Waals surface area contributed by atoms with Gasteiger partial charge in [0.05, 0.1) is 21.3 Å². The van der Waals surface area contributed by atoms with Crippen molar-refractivity contribution in [3.63, 3.8) is 0 Å². The fourth-order valence-electron chi connectivity index (χ4n) is 2.14. The molecular weight excluding hydrogens is 338 g/mol. The van der Waals surface area contributed by atoms with Gasteiger partial charge in [0.15, 0.2) is 0 Å². The molecule has 0 bridgehead atoms. The lowest BCUT2D eigenvalue weighted by molar-refractivity contribution is -0.117. The van der Waals surface area contributed by atoms with E-state index in [-0.39, 0.29) is 18.3 Å². The molecule has 1 aromatic heterocycles. The second kappa shape index (κ2) is 7.64. The lowest BCUT2D eigenvalue weighted by Gasteiger charge is -2.11. The third kappa shape index (κ3) is 4.13. The topological polar surface area (TPSA) is 68.0 Å². The minimum absolute atomic E-state index is 0. The zero-order valence-electron chi connectivity index (χ0n) is 12.4. The highest BCUT2D eigenvalue weighted by atomic mass is 35.5. The summed E-state index contributed by atoms with van der Waals surface area (Å²) in [6, 6.07) is 5.42. The monoisotopic (exact) mass is 357 g/mol. The van der Waals surface area contributed by atoms with Gasteiger partial charge in [-0.2, -0.15) is 11.8 Å². The largest absolute Gasteiger partial charge is 0.325 e. The number of carbonyl (C=O) groups excluding carboxylic acids is 1. The molecule has 1 aliphatic carbocycles. The Morgan fingerprint density at radius 1 is 1.55 bits per heavy atom. The van der Waals surface area contributed by atoms with Gasteiger partial charge >= 0.3 is 0 Å². The highest BCUT2D eigenvalue weighted by molar-refractivity contribution is 7.98. The maximum atomic E-state index is 12.0. The Labute approximate surface area is 144 Å². The molecule has 1 atom stereocenters. The van der Waals surface area contributed by atoms with Crippen LogP contribution in [-0.4, -0.2) is 28.9 Å². The molecule has 1 amide bonds. The molecule has 0 spiro atoms. The lowest BCUT2D eigenvalue weighted by atomic mass is 10.2. The second-order valence-corrected chi connectivity index (χ2v) is 7.43. The fraction of sp³-hybridized carbons (Fsp3) is 0.467. The van der Waals surface area contributed by atoms with E-state index in [2.05, 4.69) is 10.3 Å². The molecular formula is C15H20ClN3OS2. The number of carbonyl (C=O) groups is 1. The molecule has 1 heterocycles. The van der Waals surface area contributed by atoms with Crippen molar-refractivity contribution in [3.05, 3.63) is 23.2 Å². The van der Waals surface area contributed by atoms with Gasteiger partial charge in [-0.1, -0.05) is 0 Å². The summed E-state index contributed by atoms with van der Waals surface area (Å²) in [4.78, 5) is 16.7. The quantitative estimate of drug-likeness (QED) is 0.828. The highest BCUT2D eigenvalue weighted by Gasteiger charge is 2.27. The third-order valence-corrected chi connectivity index (χ3v) is 5.39. The van der Waals surface area contributed by atoms with Gasteiger partial charge in [0.25, 0.3) is 0 Å². The van der Waals surface area contributed by atoms with Crippen LogP contribution in [0.25, 0.3) is 10.2 Å². The van der Waals surface area contributed by atoms with Crippen molar-refractivity contribution >= 4 is 57.3 Å². The number of nitrogens with one attached hydrogen (secondary N) is 1. The molecule has 3 rings (SSSR count). The normalized spacial score (nSPS) is 15.4. The van der Waals surface area contributed by atoms with Gasteiger partial charge in [-0.25, -0.2) is 4.98 Å². The molecule has 1 fully saturated rings. The first-order valence-corrected chi connectivity index (χ1v) is 9.34. The van der Waals surface area contributed by atoms with E-state index in [0.29, 0.717) is 12.3 Å². The van der Waals surface area contributed by atoms with Crippen molar-refractivity contribution in [1.29, 1.82) is 0 Å². The summed E-state index contributed by atoms with van der Waals surface area (Å²) < 4.78 is 1.13. The summed E-state index contributed by atoms with van der Waals surface area (Å²) in [7, 11) is 0. The first-order chi connectivity index (χ1) is 10.2. The van der Waals surface area contributed by atoms with E-state index >= 15 is 0 Å². The summed E-state index contributed by atoms with van der Waals surface area (Å²) in [6.07, 6.45) is 5.23. The molecule has 0 radical (unpaired) electrons. The van der Waals surface area contributed by atoms with E-state index in [1.165, 1.54) is 17.8 Å². The fourth-order valence-corrected chi connectivity index (χ4v) is 3.80. The molecule has 0 saturated heterocycles. The number of hydrogen-bond donors (Lipinski definition) is 2. The van der Waals surface area contributed by atoms with Crippen molar-refractivity contribution in [2.75, 3.05) is 17.3 Å². The first-order valence-electron chi connectivity index (χ1n) is 7.13. The van der Waals surface area contributed by atoms with Crippen LogP contribution in [0.15, 0.2) is 18.2 Å². The smallest absolute Gasteiger partial charge is 0.241 e. The molecule has 3 N–H and O–H groups in total. The Hall–Kier alpha value is -0.820. The number of benzene rings is 1. The molecule has 0 aliphatic heterocycles. The maximum Gasteiger partial charge on any atom is 0.241 e. The van der Waals surface area contributed by atoms with Crippen LogP contribution in [0.1, 0.15) is 30.2 Å². The predicted octanol–water partition coefficient (Wildman–Crippen LogP) is 3.61. The third-order valence-electron chi connectivity index (χ3n) is 3.57. The molecule has 7 heteroatoms. The van der Waals surface area contributed by atoms with Crippen molar-refractivity contribution < 1.29 is 4.79 Å². The van der Waals surface area contributed by atoms with Gasteiger partial charge in [-0.05, 0) is 49.5 Å². The minimum Gasteiger partial charge on any atom is -0.325 e. The Bertz CT molecular complexity index is 657. The maximum absolute atomic E-state index is 12.0. The van der Waals surface area contributed by atoms with Gasteiger partial charge < -0.3 is 11.1 Å². The van der Waals surface area contributed by atoms with Crippen LogP contribution in [0.4, 0.5) is 5.69 Å². The summed E-state index contributed by atoms with van der Waals surface area (Å²) in [5.74, 6) is 1.45. The number of rotatable bonds is 6. The van der Waals surface area contributed by atoms with Crippen LogP contribution in [0, 0.1) is 0 Å². The Kier molecular flexibility index (Phi) is 6.09. The summed E-state index contributed by atoms with van der Waals surface area (Å²) in [5, 5.41) is 4.13. The number of anilines is 1. The lowest BCUT2D eigenvalue weighted by Crippen LogP contribution is -2.36. The molecule has 22 heavy (non-hydrogen) atoms. The van der Waals surface area contributed by atoms with Crippen molar-refractivity contribution in [1.82, 2.24) is 4.98 Å². The minimum atomic E-state index is -0.448. The number of hydrogen-bond acceptors (Lipinski definition) is 5. The van der Waals surface area contributed by atoms with Crippen molar-refractivity contribution in [2.45, 2.75) is 31.2 Å². The van der Waals surface area contributed by atoms with Gasteiger partial charge in [-0.3, -0.25) is 4.79 Å². The second-order valence-electron chi connectivity index (χ2n) is 5.39. The van der Waals surface area contributed by atoms with E-state index in [0.717, 1.165) is 21.7 Å². The van der Waals surface area contributed by atoms with Crippen LogP contribution < -0.4 is 11.1 Å². The number of halogens is 1. The molecule has 1 aromatic carbocycles. The van der Waals surface area contributed by atoms with Crippen molar-refractivity contribution in [2.24, 2.45) is 5.73 Å². The zero-order chi connectivity index (χ0) is 14.8. The van der Waals surface area contributed by atoms with Gasteiger partial charge in [0.2, 0.25) is 5.91 Å². The van der Waals surface area contributed by atoms with E-state index in [4.69, 9.17) is 5.73 Å². The Morgan fingerprint density at radius 2 is 2.32 bits per heavy atom. The molecule has 4 nitrogen and oxygen atoms in total. The van der Waals surface area contributed by atoms with E-state index < -0.39 is 6.04 Å². The SMILES string of the molecule is CSCC[C@H](N)C(=O)Nc1ccc2nc(C3CC3)sc2c1.Cl. The highest BCUT2D eigenvalue weighted by Crippen LogP contribution is 2.43. The number of amides is 1. The average Bonchev–Trinajstić information content (AvgIpc) is 3.24. The number of fused-ring (bicyclic) bond motifs is 1. The molecule has 1 aliphatic rings. The summed E-state index contributed by atoms with van der Waals surface area (Å²) in [6.45, 7) is 0. The van der Waals surface area contributed by atoms with Crippen LogP contribution in [0.3, 0.4) is 0 Å². The van der Waals surface area contributed by atoms with E-state index in [1.807, 2.05) is 24.5 Å². The average molecular weight is 358 g/mol. The van der Waals surface area contributed by atoms with Crippen LogP contribution in [0.2, 0.25) is 0 Å². The van der Waals surface area contributed by atoms with Gasteiger partial charge in [-0.15, -0.1) is 23.7 Å². The predicted molar refractivity (Wildman–Crippen MR) is 98.4 cm³/mol.